The van der Waals surface area contributed by atoms with Crippen molar-refractivity contribution in [1.29, 1.82) is 0 Å². The lowest BCUT2D eigenvalue weighted by Gasteiger charge is -2.00. The van der Waals surface area contributed by atoms with Crippen LogP contribution in [0, 0.1) is 0 Å². The van der Waals surface area contributed by atoms with E-state index in [1.807, 2.05) is 16.7 Å². The molecule has 0 spiro atoms. The lowest BCUT2D eigenvalue weighted by Crippen LogP contribution is -2.04. The summed E-state index contributed by atoms with van der Waals surface area (Å²) in [6, 6.07) is 8.43. The summed E-state index contributed by atoms with van der Waals surface area (Å²) in [6.45, 7) is 0.467. The second-order valence-corrected chi connectivity index (χ2v) is 4.01. The summed E-state index contributed by atoms with van der Waals surface area (Å²) in [5, 5.41) is 0. The number of hydrogen-bond acceptors (Lipinski definition) is 4. The Morgan fingerprint density at radius 1 is 1.22 bits per heavy atom. The molecular formula is C13H11N3O2. The highest BCUT2D eigenvalue weighted by Gasteiger charge is 2.07. The van der Waals surface area contributed by atoms with Crippen LogP contribution in [0.15, 0.2) is 51.9 Å². The fourth-order valence-electron chi connectivity index (χ4n) is 1.79. The largest absolute Gasteiger partial charge is 0.439 e. The van der Waals surface area contributed by atoms with E-state index in [2.05, 4.69) is 4.98 Å². The molecule has 0 fully saturated rings. The van der Waals surface area contributed by atoms with Crippen molar-refractivity contribution in [2.75, 3.05) is 5.73 Å². The third kappa shape index (κ3) is 1.86. The standard InChI is InChI=1S/C13H11N3O2/c14-10-2-1-3-11-13(10)15-12(18-11)8-16-6-4-9(17)5-7-16/h1-7H,8,14H2. The molecular weight excluding hydrogens is 230 g/mol. The number of rotatable bonds is 2. The van der Waals surface area contributed by atoms with E-state index in [-0.39, 0.29) is 5.43 Å². The molecule has 0 amide bonds. The Morgan fingerprint density at radius 3 is 2.72 bits per heavy atom. The van der Waals surface area contributed by atoms with Crippen LogP contribution in [0.4, 0.5) is 5.69 Å². The Bertz CT molecular complexity index is 738. The van der Waals surface area contributed by atoms with Gasteiger partial charge in [0, 0.05) is 24.5 Å². The molecule has 2 aromatic heterocycles. The van der Waals surface area contributed by atoms with Crippen molar-refractivity contribution in [3.63, 3.8) is 0 Å². The Kier molecular flexibility index (Phi) is 2.37. The van der Waals surface area contributed by atoms with E-state index in [9.17, 15) is 4.79 Å². The van der Waals surface area contributed by atoms with Crippen LogP contribution in [0.25, 0.3) is 11.1 Å². The van der Waals surface area contributed by atoms with Gasteiger partial charge in [-0.1, -0.05) is 6.07 Å². The van der Waals surface area contributed by atoms with E-state index in [4.69, 9.17) is 10.2 Å². The first kappa shape index (κ1) is 10.6. The molecule has 0 aliphatic heterocycles. The minimum Gasteiger partial charge on any atom is -0.439 e. The van der Waals surface area contributed by atoms with Gasteiger partial charge in [0.05, 0.1) is 12.2 Å². The molecule has 1 aromatic carbocycles. The quantitative estimate of drug-likeness (QED) is 0.692. The second kappa shape index (κ2) is 4.03. The first-order chi connectivity index (χ1) is 8.72. The number of pyridine rings is 1. The minimum absolute atomic E-state index is 0.0203. The number of nitrogen functional groups attached to an aromatic ring is 1. The molecule has 0 unspecified atom stereocenters. The third-order valence-corrected chi connectivity index (χ3v) is 2.67. The number of para-hydroxylation sites is 1. The first-order valence-corrected chi connectivity index (χ1v) is 5.52. The number of anilines is 1. The lowest BCUT2D eigenvalue weighted by atomic mass is 10.3. The second-order valence-electron chi connectivity index (χ2n) is 4.01. The molecule has 5 heteroatoms. The van der Waals surface area contributed by atoms with E-state index in [0.717, 1.165) is 0 Å². The van der Waals surface area contributed by atoms with Crippen LogP contribution in [0.3, 0.4) is 0 Å². The fourth-order valence-corrected chi connectivity index (χ4v) is 1.79. The summed E-state index contributed by atoms with van der Waals surface area (Å²) in [4.78, 5) is 15.3. The average Bonchev–Trinajstić information content (AvgIpc) is 2.76. The Labute approximate surface area is 102 Å². The maximum absolute atomic E-state index is 11.0. The van der Waals surface area contributed by atoms with E-state index in [0.29, 0.717) is 29.2 Å². The number of nitrogens with zero attached hydrogens (tertiary/aromatic N) is 2. The van der Waals surface area contributed by atoms with Crippen LogP contribution in [-0.2, 0) is 6.54 Å². The molecule has 0 aliphatic rings. The number of nitrogens with two attached hydrogens (primary N) is 1. The van der Waals surface area contributed by atoms with Crippen molar-refractivity contribution < 1.29 is 4.42 Å². The zero-order valence-corrected chi connectivity index (χ0v) is 9.54. The highest BCUT2D eigenvalue weighted by Crippen LogP contribution is 2.21. The van der Waals surface area contributed by atoms with Crippen LogP contribution in [0.1, 0.15) is 5.89 Å². The SMILES string of the molecule is Nc1cccc2oc(Cn3ccc(=O)cc3)nc12. The number of fused-ring (bicyclic) bond motifs is 1. The zero-order valence-electron chi connectivity index (χ0n) is 9.54. The maximum Gasteiger partial charge on any atom is 0.215 e. The molecule has 0 saturated heterocycles. The first-order valence-electron chi connectivity index (χ1n) is 5.52. The van der Waals surface area contributed by atoms with Gasteiger partial charge in [0.15, 0.2) is 11.0 Å². The smallest absolute Gasteiger partial charge is 0.215 e. The average molecular weight is 241 g/mol. The number of benzene rings is 1. The molecule has 18 heavy (non-hydrogen) atoms. The molecule has 3 aromatic rings. The van der Waals surface area contributed by atoms with Gasteiger partial charge >= 0.3 is 0 Å². The normalized spacial score (nSPS) is 10.9. The van der Waals surface area contributed by atoms with Crippen molar-refractivity contribution in [1.82, 2.24) is 9.55 Å². The summed E-state index contributed by atoms with van der Waals surface area (Å²) in [5.74, 6) is 0.562. The van der Waals surface area contributed by atoms with Crippen molar-refractivity contribution in [2.45, 2.75) is 6.54 Å². The van der Waals surface area contributed by atoms with Crippen LogP contribution in [-0.4, -0.2) is 9.55 Å². The van der Waals surface area contributed by atoms with Gasteiger partial charge in [-0.25, -0.2) is 4.98 Å². The summed E-state index contributed by atoms with van der Waals surface area (Å²) < 4.78 is 7.41. The van der Waals surface area contributed by atoms with Gasteiger partial charge in [-0.15, -0.1) is 0 Å². The summed E-state index contributed by atoms with van der Waals surface area (Å²) in [6.07, 6.45) is 3.39. The molecule has 2 N–H and O–H groups in total. The van der Waals surface area contributed by atoms with Gasteiger partial charge in [-0.2, -0.15) is 0 Å². The Hall–Kier alpha value is -2.56. The summed E-state index contributed by atoms with van der Waals surface area (Å²) in [5.41, 5.74) is 7.74. The van der Waals surface area contributed by atoms with Crippen molar-refractivity contribution in [3.8, 4) is 0 Å². The van der Waals surface area contributed by atoms with E-state index >= 15 is 0 Å². The van der Waals surface area contributed by atoms with E-state index in [1.54, 1.807) is 18.5 Å². The highest BCUT2D eigenvalue weighted by molar-refractivity contribution is 5.85. The highest BCUT2D eigenvalue weighted by atomic mass is 16.3. The van der Waals surface area contributed by atoms with Crippen molar-refractivity contribution in [2.24, 2.45) is 0 Å². The lowest BCUT2D eigenvalue weighted by molar-refractivity contribution is 0.508. The monoisotopic (exact) mass is 241 g/mol. The summed E-state index contributed by atoms with van der Waals surface area (Å²) >= 11 is 0. The molecule has 0 atom stereocenters. The fraction of sp³-hybridized carbons (Fsp3) is 0.0769. The molecule has 0 bridgehead atoms. The van der Waals surface area contributed by atoms with Gasteiger partial charge in [-0.05, 0) is 12.1 Å². The van der Waals surface area contributed by atoms with Crippen LogP contribution in [0.2, 0.25) is 0 Å². The zero-order chi connectivity index (χ0) is 12.5. The number of oxazole rings is 1. The van der Waals surface area contributed by atoms with Crippen LogP contribution in [0.5, 0.6) is 0 Å². The van der Waals surface area contributed by atoms with Gasteiger partial charge in [0.1, 0.15) is 5.52 Å². The predicted octanol–water partition coefficient (Wildman–Crippen LogP) is 1.62. The molecule has 2 heterocycles. The van der Waals surface area contributed by atoms with Crippen molar-refractivity contribution in [3.05, 3.63) is 58.8 Å². The molecule has 0 saturated carbocycles. The third-order valence-electron chi connectivity index (χ3n) is 2.67. The van der Waals surface area contributed by atoms with Gasteiger partial charge < -0.3 is 14.7 Å². The molecule has 0 radical (unpaired) electrons. The number of hydrogen-bond donors (Lipinski definition) is 1. The Morgan fingerprint density at radius 2 is 2.00 bits per heavy atom. The minimum atomic E-state index is -0.0203. The van der Waals surface area contributed by atoms with E-state index in [1.165, 1.54) is 12.1 Å². The van der Waals surface area contributed by atoms with E-state index < -0.39 is 0 Å². The predicted molar refractivity (Wildman–Crippen MR) is 68.2 cm³/mol. The summed E-state index contributed by atoms with van der Waals surface area (Å²) in [7, 11) is 0. The number of aromatic nitrogens is 2. The van der Waals surface area contributed by atoms with Gasteiger partial charge in [-0.3, -0.25) is 4.79 Å². The Balaban J connectivity index is 1.98. The topological polar surface area (TPSA) is 74.0 Å². The van der Waals surface area contributed by atoms with Crippen LogP contribution >= 0.6 is 0 Å². The van der Waals surface area contributed by atoms with Gasteiger partial charge in [0.2, 0.25) is 5.89 Å². The van der Waals surface area contributed by atoms with Crippen molar-refractivity contribution >= 4 is 16.8 Å². The molecule has 0 aliphatic carbocycles. The van der Waals surface area contributed by atoms with Crippen LogP contribution < -0.4 is 11.2 Å². The van der Waals surface area contributed by atoms with Gasteiger partial charge in [0.25, 0.3) is 0 Å². The maximum atomic E-state index is 11.0. The molecule has 90 valence electrons. The molecule has 5 nitrogen and oxygen atoms in total. The molecule has 3 rings (SSSR count).